The molecule has 0 radical (unpaired) electrons. The average molecular weight is 336 g/mol. The van der Waals surface area contributed by atoms with Gasteiger partial charge in [-0.3, -0.25) is 4.79 Å². The molecule has 0 aliphatic heterocycles. The zero-order valence-electron chi connectivity index (χ0n) is 11.2. The van der Waals surface area contributed by atoms with Crippen molar-refractivity contribution in [2.75, 3.05) is 13.7 Å². The summed E-state index contributed by atoms with van der Waals surface area (Å²) in [5.41, 5.74) is -0.915. The van der Waals surface area contributed by atoms with E-state index in [0.717, 1.165) is 0 Å². The summed E-state index contributed by atoms with van der Waals surface area (Å²) in [6.45, 7) is 3.02. The fourth-order valence-corrected chi connectivity index (χ4v) is 1.83. The van der Waals surface area contributed by atoms with Crippen LogP contribution in [-0.4, -0.2) is 30.0 Å². The first-order chi connectivity index (χ1) is 9.19. The van der Waals surface area contributed by atoms with Crippen LogP contribution in [-0.2, 0) is 4.79 Å². The summed E-state index contributed by atoms with van der Waals surface area (Å²) in [5, 5.41) is 9.82. The minimum Gasteiger partial charge on any atom is -0.482 e. The maximum atomic E-state index is 11.9. The first-order valence-corrected chi connectivity index (χ1v) is 6.77. The van der Waals surface area contributed by atoms with Gasteiger partial charge in [-0.1, -0.05) is 34.8 Å². The van der Waals surface area contributed by atoms with Crippen molar-refractivity contribution in [2.45, 2.75) is 19.4 Å². The van der Waals surface area contributed by atoms with Crippen LogP contribution in [0.15, 0.2) is 12.1 Å². The number of ether oxygens (including phenoxy) is 1. The number of nitrogens with zero attached hydrogens (tertiary/aromatic N) is 2. The number of halogens is 3. The molecule has 0 N–H and O–H groups in total. The lowest BCUT2D eigenvalue weighted by molar-refractivity contribution is -0.135. The molecule has 108 valence electrons. The van der Waals surface area contributed by atoms with Crippen LogP contribution in [0.2, 0.25) is 15.1 Å². The number of benzene rings is 1. The average Bonchev–Trinajstić information content (AvgIpc) is 2.40. The van der Waals surface area contributed by atoms with E-state index in [1.54, 1.807) is 13.8 Å². The SMILES string of the molecule is CN(C(=O)COc1cc(Cl)c(Cl)cc1Cl)C(C)(C)C#N. The molecule has 0 saturated heterocycles. The Morgan fingerprint density at radius 1 is 1.30 bits per heavy atom. The van der Waals surface area contributed by atoms with E-state index < -0.39 is 5.54 Å². The van der Waals surface area contributed by atoms with Gasteiger partial charge in [0.2, 0.25) is 0 Å². The topological polar surface area (TPSA) is 53.3 Å². The van der Waals surface area contributed by atoms with Gasteiger partial charge < -0.3 is 9.64 Å². The van der Waals surface area contributed by atoms with E-state index in [4.69, 9.17) is 44.8 Å². The normalized spacial score (nSPS) is 10.8. The zero-order valence-corrected chi connectivity index (χ0v) is 13.5. The first kappa shape index (κ1) is 16.9. The molecular weight excluding hydrogens is 323 g/mol. The van der Waals surface area contributed by atoms with Crippen molar-refractivity contribution < 1.29 is 9.53 Å². The molecule has 4 nitrogen and oxygen atoms in total. The number of amides is 1. The van der Waals surface area contributed by atoms with E-state index in [1.165, 1.54) is 24.1 Å². The van der Waals surface area contributed by atoms with Gasteiger partial charge in [0.25, 0.3) is 5.91 Å². The summed E-state index contributed by atoms with van der Waals surface area (Å²) >= 11 is 17.6. The highest BCUT2D eigenvalue weighted by atomic mass is 35.5. The molecule has 1 aromatic carbocycles. The fourth-order valence-electron chi connectivity index (χ4n) is 1.24. The van der Waals surface area contributed by atoms with Crippen LogP contribution in [0.4, 0.5) is 0 Å². The zero-order chi connectivity index (χ0) is 15.5. The van der Waals surface area contributed by atoms with Gasteiger partial charge in [0.1, 0.15) is 11.3 Å². The van der Waals surface area contributed by atoms with Gasteiger partial charge in [-0.2, -0.15) is 5.26 Å². The van der Waals surface area contributed by atoms with Gasteiger partial charge in [-0.05, 0) is 19.9 Å². The van der Waals surface area contributed by atoms with Crippen molar-refractivity contribution in [3.63, 3.8) is 0 Å². The first-order valence-electron chi connectivity index (χ1n) is 5.64. The van der Waals surface area contributed by atoms with Crippen molar-refractivity contribution >= 4 is 40.7 Å². The van der Waals surface area contributed by atoms with Crippen LogP contribution < -0.4 is 4.74 Å². The predicted molar refractivity (Wildman–Crippen MR) is 79.4 cm³/mol. The summed E-state index contributed by atoms with van der Waals surface area (Å²) in [6.07, 6.45) is 0. The highest BCUT2D eigenvalue weighted by Gasteiger charge is 2.27. The van der Waals surface area contributed by atoms with Crippen LogP contribution in [0.1, 0.15) is 13.8 Å². The van der Waals surface area contributed by atoms with Crippen LogP contribution in [0.3, 0.4) is 0 Å². The molecule has 0 fully saturated rings. The number of hydrogen-bond donors (Lipinski definition) is 0. The number of carbonyl (C=O) groups is 1. The van der Waals surface area contributed by atoms with Gasteiger partial charge in [0.05, 0.1) is 21.1 Å². The van der Waals surface area contributed by atoms with Crippen molar-refractivity contribution in [2.24, 2.45) is 0 Å². The van der Waals surface area contributed by atoms with Crippen molar-refractivity contribution in [3.05, 3.63) is 27.2 Å². The molecule has 0 saturated carbocycles. The second kappa shape index (κ2) is 6.53. The van der Waals surface area contributed by atoms with Crippen molar-refractivity contribution in [3.8, 4) is 11.8 Å². The number of likely N-dealkylation sites (N-methyl/N-ethyl adjacent to an activating group) is 1. The molecular formula is C13H13Cl3N2O2. The van der Waals surface area contributed by atoms with E-state index in [0.29, 0.717) is 5.02 Å². The lowest BCUT2D eigenvalue weighted by Crippen LogP contribution is -2.45. The Balaban J connectivity index is 2.76. The third-order valence-corrected chi connectivity index (χ3v) is 3.83. The summed E-state index contributed by atoms with van der Waals surface area (Å²) in [6, 6.07) is 4.91. The van der Waals surface area contributed by atoms with Crippen molar-refractivity contribution in [1.29, 1.82) is 5.26 Å². The highest BCUT2D eigenvalue weighted by molar-refractivity contribution is 6.43. The molecule has 1 rings (SSSR count). The van der Waals surface area contributed by atoms with E-state index in [9.17, 15) is 4.79 Å². The molecule has 0 unspecified atom stereocenters. The van der Waals surface area contributed by atoms with Crippen LogP contribution in [0.25, 0.3) is 0 Å². The van der Waals surface area contributed by atoms with Gasteiger partial charge in [-0.15, -0.1) is 0 Å². The molecule has 20 heavy (non-hydrogen) atoms. The molecule has 0 aliphatic rings. The Morgan fingerprint density at radius 2 is 1.85 bits per heavy atom. The lowest BCUT2D eigenvalue weighted by Gasteiger charge is -2.29. The molecule has 1 aromatic rings. The van der Waals surface area contributed by atoms with Crippen molar-refractivity contribution in [1.82, 2.24) is 4.90 Å². The smallest absolute Gasteiger partial charge is 0.261 e. The minimum absolute atomic E-state index is 0.251. The Morgan fingerprint density at radius 3 is 2.40 bits per heavy atom. The van der Waals surface area contributed by atoms with Gasteiger partial charge in [0.15, 0.2) is 6.61 Å². The van der Waals surface area contributed by atoms with E-state index in [-0.39, 0.29) is 28.3 Å². The number of carbonyl (C=O) groups excluding carboxylic acids is 1. The maximum Gasteiger partial charge on any atom is 0.261 e. The van der Waals surface area contributed by atoms with Crippen LogP contribution in [0.5, 0.6) is 5.75 Å². The second-order valence-electron chi connectivity index (χ2n) is 4.61. The highest BCUT2D eigenvalue weighted by Crippen LogP contribution is 2.33. The van der Waals surface area contributed by atoms with E-state index in [1.807, 2.05) is 6.07 Å². The largest absolute Gasteiger partial charge is 0.482 e. The molecule has 0 atom stereocenters. The molecule has 0 aromatic heterocycles. The number of nitriles is 1. The molecule has 0 spiro atoms. The quantitative estimate of drug-likeness (QED) is 0.787. The van der Waals surface area contributed by atoms with E-state index >= 15 is 0 Å². The predicted octanol–water partition coefficient (Wildman–Crippen LogP) is 3.79. The standard InChI is InChI=1S/C13H13Cl3N2O2/c1-13(2,7-17)18(3)12(19)6-20-11-5-9(15)8(14)4-10(11)16/h4-5H,6H2,1-3H3. The summed E-state index contributed by atoms with van der Waals surface area (Å²) < 4.78 is 5.32. The maximum absolute atomic E-state index is 11.9. The summed E-state index contributed by atoms with van der Waals surface area (Å²) in [5.74, 6) is -0.0868. The Kier molecular flexibility index (Phi) is 5.52. The summed E-state index contributed by atoms with van der Waals surface area (Å²) in [4.78, 5) is 13.2. The third kappa shape index (κ3) is 3.92. The molecule has 0 aliphatic carbocycles. The van der Waals surface area contributed by atoms with Gasteiger partial charge >= 0.3 is 0 Å². The number of hydrogen-bond acceptors (Lipinski definition) is 3. The molecule has 1 amide bonds. The van der Waals surface area contributed by atoms with Gasteiger partial charge in [-0.25, -0.2) is 0 Å². The molecule has 0 bridgehead atoms. The number of rotatable bonds is 4. The lowest BCUT2D eigenvalue weighted by atomic mass is 10.1. The monoisotopic (exact) mass is 334 g/mol. The van der Waals surface area contributed by atoms with Crippen LogP contribution in [0, 0.1) is 11.3 Å². The van der Waals surface area contributed by atoms with Crippen LogP contribution >= 0.6 is 34.8 Å². The Bertz CT molecular complexity index is 567. The fraction of sp³-hybridized carbons (Fsp3) is 0.385. The Hall–Kier alpha value is -1.15. The van der Waals surface area contributed by atoms with E-state index in [2.05, 4.69) is 0 Å². The third-order valence-electron chi connectivity index (χ3n) is 2.81. The minimum atomic E-state index is -0.915. The van der Waals surface area contributed by atoms with Gasteiger partial charge in [0, 0.05) is 13.1 Å². The Labute approximate surface area is 132 Å². The molecule has 7 heteroatoms. The second-order valence-corrected chi connectivity index (χ2v) is 5.83. The molecule has 0 heterocycles. The summed E-state index contributed by atoms with van der Waals surface area (Å²) in [7, 11) is 1.53.